The Morgan fingerprint density at radius 1 is 1.16 bits per heavy atom. The van der Waals surface area contributed by atoms with Crippen LogP contribution in [0.3, 0.4) is 0 Å². The first-order chi connectivity index (χ1) is 8.86. The summed E-state index contributed by atoms with van der Waals surface area (Å²) in [6, 6.07) is 6.80. The number of benzene rings is 1. The van der Waals surface area contributed by atoms with Crippen LogP contribution in [0.15, 0.2) is 18.2 Å². The highest BCUT2D eigenvalue weighted by Gasteiger charge is 2.29. The van der Waals surface area contributed by atoms with Crippen LogP contribution in [0.2, 0.25) is 5.02 Å². The van der Waals surface area contributed by atoms with Crippen molar-refractivity contribution >= 4 is 39.9 Å². The molecule has 19 heavy (non-hydrogen) atoms. The highest BCUT2D eigenvalue weighted by molar-refractivity contribution is 14.1. The van der Waals surface area contributed by atoms with E-state index in [4.69, 9.17) is 11.6 Å². The summed E-state index contributed by atoms with van der Waals surface area (Å²) >= 11 is 8.57. The van der Waals surface area contributed by atoms with Gasteiger partial charge in [-0.3, -0.25) is 0 Å². The van der Waals surface area contributed by atoms with E-state index in [2.05, 4.69) is 60.8 Å². The first-order valence-electron chi connectivity index (χ1n) is 7.08. The second-order valence-electron chi connectivity index (χ2n) is 6.68. The summed E-state index contributed by atoms with van der Waals surface area (Å²) < 4.78 is 1.18. The van der Waals surface area contributed by atoms with Crippen molar-refractivity contribution in [3.8, 4) is 0 Å². The van der Waals surface area contributed by atoms with Crippen molar-refractivity contribution in [2.24, 2.45) is 11.3 Å². The van der Waals surface area contributed by atoms with Gasteiger partial charge in [-0.05, 0) is 77.8 Å². The first kappa shape index (κ1) is 15.4. The molecule has 0 heterocycles. The third-order valence-electron chi connectivity index (χ3n) is 4.24. The van der Waals surface area contributed by atoms with Crippen LogP contribution in [0.1, 0.15) is 46.5 Å². The summed E-state index contributed by atoms with van der Waals surface area (Å²) in [6.45, 7) is 7.09. The molecule has 0 radical (unpaired) electrons. The van der Waals surface area contributed by atoms with E-state index in [0.717, 1.165) is 16.6 Å². The van der Waals surface area contributed by atoms with Crippen LogP contribution in [0.25, 0.3) is 0 Å². The summed E-state index contributed by atoms with van der Waals surface area (Å²) in [5, 5.41) is 4.45. The fourth-order valence-corrected chi connectivity index (χ4v) is 3.84. The molecule has 1 aromatic carbocycles. The van der Waals surface area contributed by atoms with E-state index in [0.29, 0.717) is 11.5 Å². The van der Waals surface area contributed by atoms with Crippen molar-refractivity contribution < 1.29 is 0 Å². The number of halogens is 2. The number of hydrogen-bond acceptors (Lipinski definition) is 1. The van der Waals surface area contributed by atoms with Crippen LogP contribution in [-0.2, 0) is 0 Å². The van der Waals surface area contributed by atoms with E-state index < -0.39 is 0 Å². The van der Waals surface area contributed by atoms with E-state index in [9.17, 15) is 0 Å². The third-order valence-corrected chi connectivity index (χ3v) is 5.23. The second-order valence-corrected chi connectivity index (χ2v) is 8.34. The SMILES string of the molecule is CC(C)(C)C1CCC(Nc2ccc(I)cc2Cl)CC1. The Kier molecular flexibility index (Phi) is 5.04. The zero-order chi connectivity index (χ0) is 14.0. The van der Waals surface area contributed by atoms with Crippen molar-refractivity contribution in [1.29, 1.82) is 0 Å². The number of nitrogens with one attached hydrogen (secondary N) is 1. The third kappa shape index (κ3) is 4.25. The van der Waals surface area contributed by atoms with Crippen molar-refractivity contribution in [3.05, 3.63) is 26.8 Å². The molecule has 0 bridgehead atoms. The van der Waals surface area contributed by atoms with Gasteiger partial charge < -0.3 is 5.32 Å². The van der Waals surface area contributed by atoms with Crippen LogP contribution in [0.5, 0.6) is 0 Å². The van der Waals surface area contributed by atoms with Gasteiger partial charge in [-0.2, -0.15) is 0 Å². The van der Waals surface area contributed by atoms with Gasteiger partial charge in [0.1, 0.15) is 0 Å². The molecule has 0 atom stereocenters. The molecule has 1 aromatic rings. The largest absolute Gasteiger partial charge is 0.381 e. The van der Waals surface area contributed by atoms with Crippen LogP contribution in [0.4, 0.5) is 5.69 Å². The molecule has 1 aliphatic carbocycles. The molecular formula is C16H23ClIN. The Bertz CT molecular complexity index is 431. The minimum absolute atomic E-state index is 0.450. The summed E-state index contributed by atoms with van der Waals surface area (Å²) in [5.41, 5.74) is 1.53. The minimum atomic E-state index is 0.450. The molecule has 0 unspecified atom stereocenters. The lowest BCUT2D eigenvalue weighted by molar-refractivity contribution is 0.173. The molecule has 1 nitrogen and oxygen atoms in total. The van der Waals surface area contributed by atoms with Gasteiger partial charge in [-0.25, -0.2) is 0 Å². The van der Waals surface area contributed by atoms with Gasteiger partial charge in [0.2, 0.25) is 0 Å². The normalized spacial score (nSPS) is 24.3. The fourth-order valence-electron chi connectivity index (χ4n) is 2.93. The van der Waals surface area contributed by atoms with Crippen molar-refractivity contribution in [2.75, 3.05) is 5.32 Å². The quantitative estimate of drug-likeness (QED) is 0.613. The van der Waals surface area contributed by atoms with E-state index in [1.165, 1.54) is 29.3 Å². The van der Waals surface area contributed by atoms with Crippen LogP contribution >= 0.6 is 34.2 Å². The zero-order valence-electron chi connectivity index (χ0n) is 12.0. The summed E-state index contributed by atoms with van der Waals surface area (Å²) in [4.78, 5) is 0. The maximum atomic E-state index is 6.28. The Labute approximate surface area is 135 Å². The second kappa shape index (κ2) is 6.21. The van der Waals surface area contributed by atoms with Crippen molar-refractivity contribution in [1.82, 2.24) is 0 Å². The Morgan fingerprint density at radius 3 is 2.32 bits per heavy atom. The van der Waals surface area contributed by atoms with E-state index >= 15 is 0 Å². The minimum Gasteiger partial charge on any atom is -0.381 e. The Hall–Kier alpha value is 0.0400. The Balaban J connectivity index is 1.92. The van der Waals surface area contributed by atoms with Gasteiger partial charge >= 0.3 is 0 Å². The monoisotopic (exact) mass is 391 g/mol. The molecule has 0 amide bonds. The zero-order valence-corrected chi connectivity index (χ0v) is 14.9. The molecule has 1 saturated carbocycles. The lowest BCUT2D eigenvalue weighted by Crippen LogP contribution is -2.31. The van der Waals surface area contributed by atoms with Gasteiger partial charge in [0, 0.05) is 9.61 Å². The lowest BCUT2D eigenvalue weighted by atomic mass is 9.71. The molecule has 1 fully saturated rings. The van der Waals surface area contributed by atoms with Crippen LogP contribution in [0, 0.1) is 14.9 Å². The van der Waals surface area contributed by atoms with Gasteiger partial charge in [0.15, 0.2) is 0 Å². The smallest absolute Gasteiger partial charge is 0.0648 e. The van der Waals surface area contributed by atoms with Crippen LogP contribution < -0.4 is 5.32 Å². The average molecular weight is 392 g/mol. The molecular weight excluding hydrogens is 369 g/mol. The predicted octanol–water partition coefficient (Wildman–Crippen LogP) is 5.96. The maximum Gasteiger partial charge on any atom is 0.0648 e. The average Bonchev–Trinajstić information content (AvgIpc) is 2.32. The van der Waals surface area contributed by atoms with Crippen LogP contribution in [-0.4, -0.2) is 6.04 Å². The lowest BCUT2D eigenvalue weighted by Gasteiger charge is -2.37. The summed E-state index contributed by atoms with van der Waals surface area (Å²) in [6.07, 6.45) is 5.15. The molecule has 0 spiro atoms. The molecule has 2 rings (SSSR count). The predicted molar refractivity (Wildman–Crippen MR) is 93.0 cm³/mol. The highest BCUT2D eigenvalue weighted by atomic mass is 127. The first-order valence-corrected chi connectivity index (χ1v) is 8.53. The standard InChI is InChI=1S/C16H23ClIN/c1-16(2,3)11-4-7-13(8-5-11)19-15-9-6-12(18)10-14(15)17/h6,9-11,13,19H,4-5,7-8H2,1-3H3. The Morgan fingerprint density at radius 2 is 1.79 bits per heavy atom. The van der Waals surface area contributed by atoms with Gasteiger partial charge in [0.05, 0.1) is 10.7 Å². The maximum absolute atomic E-state index is 6.28. The van der Waals surface area contributed by atoms with Gasteiger partial charge in [0.25, 0.3) is 0 Å². The fraction of sp³-hybridized carbons (Fsp3) is 0.625. The summed E-state index contributed by atoms with van der Waals surface area (Å²) in [5.74, 6) is 0.859. The molecule has 0 aromatic heterocycles. The highest BCUT2D eigenvalue weighted by Crippen LogP contribution is 2.38. The topological polar surface area (TPSA) is 12.0 Å². The molecule has 1 aliphatic rings. The number of hydrogen-bond donors (Lipinski definition) is 1. The van der Waals surface area contributed by atoms with E-state index in [1.807, 2.05) is 6.07 Å². The van der Waals surface area contributed by atoms with Gasteiger partial charge in [-0.15, -0.1) is 0 Å². The molecule has 0 aliphatic heterocycles. The number of anilines is 1. The number of rotatable bonds is 2. The molecule has 1 N–H and O–H groups in total. The molecule has 3 heteroatoms. The van der Waals surface area contributed by atoms with E-state index in [-0.39, 0.29) is 0 Å². The molecule has 0 saturated heterocycles. The van der Waals surface area contributed by atoms with Crippen molar-refractivity contribution in [3.63, 3.8) is 0 Å². The summed E-state index contributed by atoms with van der Waals surface area (Å²) in [7, 11) is 0. The van der Waals surface area contributed by atoms with E-state index in [1.54, 1.807) is 0 Å². The van der Waals surface area contributed by atoms with Gasteiger partial charge in [-0.1, -0.05) is 32.4 Å². The van der Waals surface area contributed by atoms with Crippen molar-refractivity contribution in [2.45, 2.75) is 52.5 Å². The molecule has 106 valence electrons.